The van der Waals surface area contributed by atoms with Gasteiger partial charge >= 0.3 is 5.97 Å². The van der Waals surface area contributed by atoms with Gasteiger partial charge < -0.3 is 9.84 Å². The van der Waals surface area contributed by atoms with E-state index in [4.69, 9.17) is 9.84 Å². The van der Waals surface area contributed by atoms with Gasteiger partial charge in [0.15, 0.2) is 0 Å². The normalized spacial score (nSPS) is 10.9. The Morgan fingerprint density at radius 1 is 0.900 bits per heavy atom. The predicted octanol–water partition coefficient (Wildman–Crippen LogP) is 6.76. The summed E-state index contributed by atoms with van der Waals surface area (Å²) >= 11 is 1.63. The minimum atomic E-state index is -0.957. The lowest BCUT2D eigenvalue weighted by atomic mass is 10.0. The maximum absolute atomic E-state index is 10.9. The molecule has 4 heteroatoms. The molecule has 0 saturated carbocycles. The van der Waals surface area contributed by atoms with E-state index in [1.165, 1.54) is 6.08 Å². The number of aliphatic carboxylic acids is 1. The van der Waals surface area contributed by atoms with Crippen LogP contribution in [0.15, 0.2) is 96.4 Å². The van der Waals surface area contributed by atoms with Crippen molar-refractivity contribution in [3.8, 4) is 27.3 Å². The second-order valence-electron chi connectivity index (χ2n) is 6.73. The number of ether oxygens (including phenoxy) is 1. The Labute approximate surface area is 179 Å². The van der Waals surface area contributed by atoms with E-state index in [-0.39, 0.29) is 0 Å². The Hall–Kier alpha value is -3.63. The van der Waals surface area contributed by atoms with E-state index < -0.39 is 5.97 Å². The van der Waals surface area contributed by atoms with Crippen molar-refractivity contribution in [3.63, 3.8) is 0 Å². The zero-order chi connectivity index (χ0) is 20.8. The molecule has 3 aromatic carbocycles. The topological polar surface area (TPSA) is 46.5 Å². The molecule has 1 aromatic heterocycles. The fraction of sp³-hybridized carbons (Fsp3) is 0.0385. The van der Waals surface area contributed by atoms with Gasteiger partial charge in [-0.3, -0.25) is 0 Å². The summed E-state index contributed by atoms with van der Waals surface area (Å²) in [5, 5.41) is 11.1. The average Bonchev–Trinajstić information content (AvgIpc) is 3.27. The highest BCUT2D eigenvalue weighted by Crippen LogP contribution is 2.38. The van der Waals surface area contributed by atoms with Crippen LogP contribution < -0.4 is 4.74 Å². The first-order valence-electron chi connectivity index (χ1n) is 9.56. The molecule has 0 atom stereocenters. The maximum Gasteiger partial charge on any atom is 0.328 e. The number of para-hydroxylation sites is 1. The Morgan fingerprint density at radius 2 is 1.60 bits per heavy atom. The van der Waals surface area contributed by atoms with Crippen LogP contribution in [-0.2, 0) is 11.4 Å². The number of rotatable bonds is 7. The minimum absolute atomic E-state index is 0.512. The Balaban J connectivity index is 1.62. The first-order valence-corrected chi connectivity index (χ1v) is 10.4. The molecule has 0 saturated heterocycles. The molecule has 4 aromatic rings. The number of thiophene rings is 1. The summed E-state index contributed by atoms with van der Waals surface area (Å²) in [6.07, 6.45) is 2.80. The summed E-state index contributed by atoms with van der Waals surface area (Å²) in [6, 6.07) is 28.1. The monoisotopic (exact) mass is 412 g/mol. The highest BCUT2D eigenvalue weighted by atomic mass is 32.1. The van der Waals surface area contributed by atoms with E-state index in [0.717, 1.165) is 38.4 Å². The fourth-order valence-corrected chi connectivity index (χ4v) is 4.17. The third kappa shape index (κ3) is 4.67. The van der Waals surface area contributed by atoms with Crippen molar-refractivity contribution in [3.05, 3.63) is 108 Å². The molecule has 0 unspecified atom stereocenters. The number of hydrogen-bond donors (Lipinski definition) is 1. The maximum atomic E-state index is 10.9. The molecule has 0 amide bonds. The first kappa shape index (κ1) is 19.7. The van der Waals surface area contributed by atoms with Crippen LogP contribution in [0.5, 0.6) is 5.75 Å². The van der Waals surface area contributed by atoms with Crippen molar-refractivity contribution in [2.45, 2.75) is 6.61 Å². The van der Waals surface area contributed by atoms with Gasteiger partial charge in [0.2, 0.25) is 0 Å². The van der Waals surface area contributed by atoms with Gasteiger partial charge in [0.1, 0.15) is 12.4 Å². The van der Waals surface area contributed by atoms with E-state index in [1.807, 2.05) is 72.8 Å². The van der Waals surface area contributed by atoms with Crippen molar-refractivity contribution in [2.75, 3.05) is 0 Å². The van der Waals surface area contributed by atoms with Crippen LogP contribution >= 0.6 is 11.3 Å². The van der Waals surface area contributed by atoms with Gasteiger partial charge in [-0.1, -0.05) is 72.8 Å². The smallest absolute Gasteiger partial charge is 0.328 e. The molecule has 0 aliphatic rings. The number of carboxylic acid groups (broad SMARTS) is 1. The van der Waals surface area contributed by atoms with Crippen molar-refractivity contribution in [1.82, 2.24) is 0 Å². The molecule has 0 aliphatic heterocycles. The summed E-state index contributed by atoms with van der Waals surface area (Å²) in [6.45, 7) is 0.512. The Kier molecular flexibility index (Phi) is 6.06. The van der Waals surface area contributed by atoms with Gasteiger partial charge in [0, 0.05) is 16.5 Å². The van der Waals surface area contributed by atoms with Crippen LogP contribution in [0.4, 0.5) is 0 Å². The molecule has 4 rings (SSSR count). The van der Waals surface area contributed by atoms with Crippen molar-refractivity contribution >= 4 is 23.4 Å². The lowest BCUT2D eigenvalue weighted by Crippen LogP contribution is -1.96. The summed E-state index contributed by atoms with van der Waals surface area (Å²) in [5.41, 5.74) is 5.12. The van der Waals surface area contributed by atoms with Crippen molar-refractivity contribution in [1.29, 1.82) is 0 Å². The van der Waals surface area contributed by atoms with E-state index in [1.54, 1.807) is 17.4 Å². The standard InChI is InChI=1S/C26H20O3S/c27-26(28)15-14-20-10-4-5-12-23(20)25-16-21(18-30-25)22-11-6-7-13-24(22)29-17-19-8-2-1-3-9-19/h1-16,18H,17H2,(H,27,28). The van der Waals surface area contributed by atoms with Gasteiger partial charge in [0.25, 0.3) is 0 Å². The third-order valence-electron chi connectivity index (χ3n) is 4.67. The van der Waals surface area contributed by atoms with Gasteiger partial charge in [-0.15, -0.1) is 11.3 Å². The van der Waals surface area contributed by atoms with Crippen LogP contribution in [0.2, 0.25) is 0 Å². The molecule has 0 bridgehead atoms. The summed E-state index contributed by atoms with van der Waals surface area (Å²) < 4.78 is 6.11. The van der Waals surface area contributed by atoms with E-state index in [0.29, 0.717) is 6.61 Å². The quantitative estimate of drug-likeness (QED) is 0.341. The van der Waals surface area contributed by atoms with Crippen molar-refractivity contribution < 1.29 is 14.6 Å². The highest BCUT2D eigenvalue weighted by molar-refractivity contribution is 7.14. The predicted molar refractivity (Wildman–Crippen MR) is 123 cm³/mol. The fourth-order valence-electron chi connectivity index (χ4n) is 3.21. The summed E-state index contributed by atoms with van der Waals surface area (Å²) in [4.78, 5) is 12.0. The molecule has 3 nitrogen and oxygen atoms in total. The van der Waals surface area contributed by atoms with Crippen LogP contribution in [0.25, 0.3) is 27.6 Å². The highest BCUT2D eigenvalue weighted by Gasteiger charge is 2.11. The third-order valence-corrected chi connectivity index (χ3v) is 5.63. The molecule has 1 heterocycles. The Morgan fingerprint density at radius 3 is 2.40 bits per heavy atom. The lowest BCUT2D eigenvalue weighted by molar-refractivity contribution is -0.131. The molecule has 1 N–H and O–H groups in total. The van der Waals surface area contributed by atoms with E-state index in [2.05, 4.69) is 17.5 Å². The van der Waals surface area contributed by atoms with Gasteiger partial charge in [-0.25, -0.2) is 4.79 Å². The first-order chi connectivity index (χ1) is 14.7. The van der Waals surface area contributed by atoms with Crippen LogP contribution in [0.3, 0.4) is 0 Å². The van der Waals surface area contributed by atoms with E-state index in [9.17, 15) is 4.79 Å². The lowest BCUT2D eigenvalue weighted by Gasteiger charge is -2.10. The van der Waals surface area contributed by atoms with Gasteiger partial charge in [0.05, 0.1) is 0 Å². The van der Waals surface area contributed by atoms with Gasteiger partial charge in [-0.05, 0) is 45.8 Å². The molecule has 30 heavy (non-hydrogen) atoms. The SMILES string of the molecule is O=C(O)C=Cc1ccccc1-c1cc(-c2ccccc2OCc2ccccc2)cs1. The van der Waals surface area contributed by atoms with Crippen LogP contribution in [0, 0.1) is 0 Å². The molecular weight excluding hydrogens is 392 g/mol. The number of benzene rings is 3. The molecule has 0 spiro atoms. The zero-order valence-corrected chi connectivity index (χ0v) is 17.0. The van der Waals surface area contributed by atoms with Crippen molar-refractivity contribution in [2.24, 2.45) is 0 Å². The number of carbonyl (C=O) groups is 1. The second-order valence-corrected chi connectivity index (χ2v) is 7.64. The largest absolute Gasteiger partial charge is 0.488 e. The average molecular weight is 413 g/mol. The van der Waals surface area contributed by atoms with Crippen LogP contribution in [-0.4, -0.2) is 11.1 Å². The van der Waals surface area contributed by atoms with Gasteiger partial charge in [-0.2, -0.15) is 0 Å². The second kappa shape index (κ2) is 9.25. The summed E-state index contributed by atoms with van der Waals surface area (Å²) in [7, 11) is 0. The van der Waals surface area contributed by atoms with E-state index >= 15 is 0 Å². The zero-order valence-electron chi connectivity index (χ0n) is 16.2. The molecule has 0 fully saturated rings. The number of hydrogen-bond acceptors (Lipinski definition) is 3. The molecular formula is C26H20O3S. The number of carboxylic acids is 1. The molecule has 0 aliphatic carbocycles. The molecule has 0 radical (unpaired) electrons. The molecule has 148 valence electrons. The Bertz CT molecular complexity index is 1180. The minimum Gasteiger partial charge on any atom is -0.488 e. The van der Waals surface area contributed by atoms with Crippen LogP contribution in [0.1, 0.15) is 11.1 Å². The summed E-state index contributed by atoms with van der Waals surface area (Å²) in [5.74, 6) is -0.120.